The van der Waals surface area contributed by atoms with Gasteiger partial charge >= 0.3 is 0 Å². The minimum absolute atomic E-state index is 0.825. The molecule has 0 radical (unpaired) electrons. The van der Waals surface area contributed by atoms with E-state index < -0.39 is 0 Å². The molecule has 0 unspecified atom stereocenters. The Morgan fingerprint density at radius 2 is 1.90 bits per heavy atom. The number of nitrogens with one attached hydrogen (secondary N) is 1. The lowest BCUT2D eigenvalue weighted by molar-refractivity contribution is 0.644. The average Bonchev–Trinajstić information content (AvgIpc) is 2.97. The van der Waals surface area contributed by atoms with E-state index in [1.165, 1.54) is 43.4 Å². The molecule has 0 spiro atoms. The highest BCUT2D eigenvalue weighted by molar-refractivity contribution is 5.51. The highest BCUT2D eigenvalue weighted by Gasteiger charge is 2.02. The van der Waals surface area contributed by atoms with E-state index in [-0.39, 0.29) is 0 Å². The maximum Gasteiger partial charge on any atom is 0.0679 e. The lowest BCUT2D eigenvalue weighted by atomic mass is 10.1. The van der Waals surface area contributed by atoms with Crippen LogP contribution in [0.1, 0.15) is 44.6 Å². The Kier molecular flexibility index (Phi) is 6.15. The second-order valence-corrected chi connectivity index (χ2v) is 5.20. The van der Waals surface area contributed by atoms with Crippen molar-refractivity contribution in [1.82, 2.24) is 9.78 Å². The molecular weight excluding hydrogens is 246 g/mol. The zero-order chi connectivity index (χ0) is 14.0. The van der Waals surface area contributed by atoms with Gasteiger partial charge in [-0.05, 0) is 24.1 Å². The van der Waals surface area contributed by atoms with Gasteiger partial charge in [-0.2, -0.15) is 5.10 Å². The van der Waals surface area contributed by atoms with Crippen molar-refractivity contribution in [3.8, 4) is 0 Å². The van der Waals surface area contributed by atoms with Crippen LogP contribution in [0.3, 0.4) is 0 Å². The summed E-state index contributed by atoms with van der Waals surface area (Å²) < 4.78 is 1.96. The zero-order valence-electron chi connectivity index (χ0n) is 12.4. The van der Waals surface area contributed by atoms with Crippen molar-refractivity contribution in [3.05, 3.63) is 48.3 Å². The fourth-order valence-electron chi connectivity index (χ4n) is 2.35. The lowest BCUT2D eigenvalue weighted by Gasteiger charge is -2.12. The van der Waals surface area contributed by atoms with Gasteiger partial charge in [-0.3, -0.25) is 4.68 Å². The molecular formula is C17H25N3. The molecule has 0 aliphatic rings. The number of hydrogen-bond acceptors (Lipinski definition) is 2. The number of benzene rings is 1. The zero-order valence-corrected chi connectivity index (χ0v) is 12.4. The van der Waals surface area contributed by atoms with E-state index in [0.29, 0.717) is 0 Å². The molecule has 1 N–H and O–H groups in total. The number of nitrogens with zero attached hydrogens (tertiary/aromatic N) is 2. The molecule has 0 atom stereocenters. The van der Waals surface area contributed by atoms with Gasteiger partial charge in [0.2, 0.25) is 0 Å². The van der Waals surface area contributed by atoms with E-state index in [4.69, 9.17) is 0 Å². The minimum atomic E-state index is 0.825. The van der Waals surface area contributed by atoms with Crippen LogP contribution in [-0.2, 0) is 6.54 Å². The first-order valence-electron chi connectivity index (χ1n) is 7.69. The molecule has 3 nitrogen and oxygen atoms in total. The molecule has 2 rings (SSSR count). The number of hydrogen-bond donors (Lipinski definition) is 1. The van der Waals surface area contributed by atoms with Gasteiger partial charge in [0.15, 0.2) is 0 Å². The molecule has 108 valence electrons. The van der Waals surface area contributed by atoms with Crippen LogP contribution in [0.15, 0.2) is 42.7 Å². The number of unbranched alkanes of at least 4 members (excludes halogenated alkanes) is 4. The van der Waals surface area contributed by atoms with Crippen molar-refractivity contribution in [1.29, 1.82) is 0 Å². The van der Waals surface area contributed by atoms with E-state index >= 15 is 0 Å². The van der Waals surface area contributed by atoms with Crippen LogP contribution in [-0.4, -0.2) is 16.3 Å². The monoisotopic (exact) mass is 271 g/mol. The summed E-state index contributed by atoms with van der Waals surface area (Å²) in [5.74, 6) is 0. The van der Waals surface area contributed by atoms with Crippen LogP contribution >= 0.6 is 0 Å². The molecule has 1 heterocycles. The van der Waals surface area contributed by atoms with E-state index in [0.717, 1.165) is 13.1 Å². The normalized spacial score (nSPS) is 10.7. The summed E-state index contributed by atoms with van der Waals surface area (Å²) in [4.78, 5) is 0. The van der Waals surface area contributed by atoms with Crippen LogP contribution in [0.2, 0.25) is 0 Å². The largest absolute Gasteiger partial charge is 0.385 e. The van der Waals surface area contributed by atoms with Crippen molar-refractivity contribution in [2.75, 3.05) is 11.9 Å². The van der Waals surface area contributed by atoms with Gasteiger partial charge in [0, 0.05) is 24.6 Å². The maximum atomic E-state index is 4.27. The molecule has 1 aromatic heterocycles. The molecule has 0 amide bonds. The summed E-state index contributed by atoms with van der Waals surface area (Å²) in [5, 5.41) is 7.83. The highest BCUT2D eigenvalue weighted by atomic mass is 15.3. The van der Waals surface area contributed by atoms with Crippen LogP contribution in [0.5, 0.6) is 0 Å². The topological polar surface area (TPSA) is 29.9 Å². The summed E-state index contributed by atoms with van der Waals surface area (Å²) in [7, 11) is 0. The van der Waals surface area contributed by atoms with Gasteiger partial charge < -0.3 is 5.32 Å². The first-order valence-corrected chi connectivity index (χ1v) is 7.69. The second-order valence-electron chi connectivity index (χ2n) is 5.20. The van der Waals surface area contributed by atoms with Crippen molar-refractivity contribution >= 4 is 5.69 Å². The first-order chi connectivity index (χ1) is 9.90. The summed E-state index contributed by atoms with van der Waals surface area (Å²) in [6, 6.07) is 10.5. The third-order valence-electron chi connectivity index (χ3n) is 3.50. The van der Waals surface area contributed by atoms with Gasteiger partial charge in [0.05, 0.1) is 6.54 Å². The van der Waals surface area contributed by atoms with E-state index in [9.17, 15) is 0 Å². The maximum absolute atomic E-state index is 4.27. The Labute approximate surface area is 122 Å². The molecule has 1 aromatic carbocycles. The van der Waals surface area contributed by atoms with Crippen molar-refractivity contribution in [2.24, 2.45) is 0 Å². The average molecular weight is 271 g/mol. The highest BCUT2D eigenvalue weighted by Crippen LogP contribution is 2.16. The smallest absolute Gasteiger partial charge is 0.0679 e. The van der Waals surface area contributed by atoms with Crippen LogP contribution in [0.4, 0.5) is 5.69 Å². The summed E-state index contributed by atoms with van der Waals surface area (Å²) >= 11 is 0. The van der Waals surface area contributed by atoms with Gasteiger partial charge in [-0.1, -0.05) is 50.8 Å². The quantitative estimate of drug-likeness (QED) is 0.689. The molecule has 0 aliphatic carbocycles. The van der Waals surface area contributed by atoms with Crippen molar-refractivity contribution < 1.29 is 0 Å². The second kappa shape index (κ2) is 8.41. The third-order valence-corrected chi connectivity index (χ3v) is 3.50. The Bertz CT molecular complexity index is 477. The summed E-state index contributed by atoms with van der Waals surface area (Å²) in [5.41, 5.74) is 2.53. The van der Waals surface area contributed by atoms with E-state index in [2.05, 4.69) is 41.6 Å². The van der Waals surface area contributed by atoms with Gasteiger partial charge in [0.25, 0.3) is 0 Å². The molecule has 0 bridgehead atoms. The molecule has 2 aromatic rings. The Hall–Kier alpha value is -1.77. The van der Waals surface area contributed by atoms with Crippen LogP contribution in [0.25, 0.3) is 0 Å². The van der Waals surface area contributed by atoms with E-state index in [1.54, 1.807) is 0 Å². The Morgan fingerprint density at radius 3 is 2.70 bits per heavy atom. The van der Waals surface area contributed by atoms with Gasteiger partial charge in [-0.15, -0.1) is 0 Å². The van der Waals surface area contributed by atoms with Crippen molar-refractivity contribution in [2.45, 2.75) is 45.6 Å². The fourth-order valence-corrected chi connectivity index (χ4v) is 2.35. The Balaban J connectivity index is 1.81. The molecule has 20 heavy (non-hydrogen) atoms. The third kappa shape index (κ3) is 4.72. The predicted molar refractivity (Wildman–Crippen MR) is 85.0 cm³/mol. The lowest BCUT2D eigenvalue weighted by Crippen LogP contribution is -2.07. The minimum Gasteiger partial charge on any atom is -0.385 e. The van der Waals surface area contributed by atoms with E-state index in [1.807, 2.05) is 23.1 Å². The number of anilines is 1. The van der Waals surface area contributed by atoms with Gasteiger partial charge in [0.1, 0.15) is 0 Å². The van der Waals surface area contributed by atoms with Crippen LogP contribution in [0, 0.1) is 0 Å². The summed E-state index contributed by atoms with van der Waals surface area (Å²) in [6.07, 6.45) is 10.4. The Morgan fingerprint density at radius 1 is 1.05 bits per heavy atom. The summed E-state index contributed by atoms with van der Waals surface area (Å²) in [6.45, 7) is 4.13. The van der Waals surface area contributed by atoms with Crippen molar-refractivity contribution in [3.63, 3.8) is 0 Å². The standard InChI is InChI=1S/C17H25N3/c1-2-3-4-5-8-12-18-17-11-7-6-10-16(17)15-20-14-9-13-19-20/h6-7,9-11,13-14,18H,2-5,8,12,15H2,1H3. The van der Waals surface area contributed by atoms with Crippen LogP contribution < -0.4 is 5.32 Å². The molecule has 0 fully saturated rings. The SMILES string of the molecule is CCCCCCCNc1ccccc1Cn1cccn1. The number of para-hydroxylation sites is 1. The number of rotatable bonds is 9. The number of aromatic nitrogens is 2. The fraction of sp³-hybridized carbons (Fsp3) is 0.471. The molecule has 0 saturated heterocycles. The molecule has 3 heteroatoms. The molecule has 0 saturated carbocycles. The van der Waals surface area contributed by atoms with Gasteiger partial charge in [-0.25, -0.2) is 0 Å². The predicted octanol–water partition coefficient (Wildman–Crippen LogP) is 4.31. The molecule has 0 aliphatic heterocycles. The first kappa shape index (κ1) is 14.6.